The molecule has 0 aromatic heterocycles. The van der Waals surface area contributed by atoms with E-state index < -0.39 is 0 Å². The van der Waals surface area contributed by atoms with E-state index in [1.807, 2.05) is 18.0 Å². The second-order valence-corrected chi connectivity index (χ2v) is 13.5. The molecule has 0 unspecified atom stereocenters. The van der Waals surface area contributed by atoms with Crippen molar-refractivity contribution in [2.75, 3.05) is 113 Å². The van der Waals surface area contributed by atoms with Crippen LogP contribution < -0.4 is 0 Å². The van der Waals surface area contributed by atoms with Gasteiger partial charge in [-0.25, -0.2) is 0 Å². The number of carbonyl (C=O) groups is 1. The lowest BCUT2D eigenvalue weighted by Gasteiger charge is -2.50. The van der Waals surface area contributed by atoms with Gasteiger partial charge in [-0.2, -0.15) is 0 Å². The Morgan fingerprint density at radius 3 is 1.79 bits per heavy atom. The third kappa shape index (κ3) is 15.0. The van der Waals surface area contributed by atoms with E-state index in [1.54, 1.807) is 12.1 Å². The number of nitrogens with zero attached hydrogens (tertiary/aromatic N) is 2. The van der Waals surface area contributed by atoms with E-state index in [4.69, 9.17) is 61.8 Å². The van der Waals surface area contributed by atoms with Crippen LogP contribution in [0.25, 0.3) is 0 Å². The molecule has 1 saturated heterocycles. The summed E-state index contributed by atoms with van der Waals surface area (Å²) in [6.45, 7) is 7.88. The first-order valence-corrected chi connectivity index (χ1v) is 18.3. The Morgan fingerprint density at radius 1 is 0.792 bits per heavy atom. The minimum absolute atomic E-state index is 0.00984. The number of rotatable bonds is 26. The zero-order valence-corrected chi connectivity index (χ0v) is 30.3. The van der Waals surface area contributed by atoms with Crippen LogP contribution in [0.1, 0.15) is 50.5 Å². The molecule has 1 aromatic rings. The molecule has 13 heteroatoms. The molecule has 3 rings (SSSR count). The van der Waals surface area contributed by atoms with Crippen molar-refractivity contribution >= 4 is 29.1 Å². The van der Waals surface area contributed by atoms with Crippen LogP contribution in [-0.2, 0) is 39.6 Å². The topological polar surface area (TPSA) is 119 Å². The van der Waals surface area contributed by atoms with Gasteiger partial charge in [0.1, 0.15) is 0 Å². The van der Waals surface area contributed by atoms with Crippen LogP contribution in [0, 0.1) is 5.41 Å². The predicted molar refractivity (Wildman–Crippen MR) is 186 cm³/mol. The van der Waals surface area contributed by atoms with Gasteiger partial charge in [0, 0.05) is 32.3 Å². The van der Waals surface area contributed by atoms with Gasteiger partial charge in [-0.05, 0) is 81.1 Å². The Kier molecular flexibility index (Phi) is 20.8. The average molecular weight is 722 g/mol. The summed E-state index contributed by atoms with van der Waals surface area (Å²) in [5.41, 5.74) is 0.886. The minimum atomic E-state index is 0.00984. The Morgan fingerprint density at radius 2 is 1.29 bits per heavy atom. The van der Waals surface area contributed by atoms with Crippen LogP contribution in [0.3, 0.4) is 0 Å². The van der Waals surface area contributed by atoms with Gasteiger partial charge in [-0.15, -0.1) is 0 Å². The summed E-state index contributed by atoms with van der Waals surface area (Å²) in [4.78, 5) is 18.2. The third-order valence-electron chi connectivity index (χ3n) is 9.41. The molecule has 2 aliphatic rings. The number of likely N-dealkylation sites (tertiary alicyclic amines) is 1. The standard InChI is InChI=1S/C35H58Cl2N2O9/c1-38(34(42)27-29-4-5-30(36)31(37)26-29)32-6-7-35(28-33(32)39-10-2-3-11-39,8-14-43-18-22-47-24-20-45-16-12-40)9-15-44-19-23-48-25-21-46-17-13-41/h4-5,26,32-33,40-41H,2-3,6-25,27-28H2,1H3/t32-,33-/m1/s1. The van der Waals surface area contributed by atoms with Crippen molar-refractivity contribution in [2.45, 2.75) is 63.5 Å². The van der Waals surface area contributed by atoms with Crippen molar-refractivity contribution in [2.24, 2.45) is 5.41 Å². The first kappa shape index (κ1) is 41.3. The van der Waals surface area contributed by atoms with Crippen molar-refractivity contribution < 1.29 is 43.4 Å². The summed E-state index contributed by atoms with van der Waals surface area (Å²) >= 11 is 12.4. The van der Waals surface area contributed by atoms with Crippen molar-refractivity contribution in [1.29, 1.82) is 0 Å². The molecule has 0 spiro atoms. The Hall–Kier alpha value is -1.09. The number of ether oxygens (including phenoxy) is 6. The fourth-order valence-electron chi connectivity index (χ4n) is 6.73. The summed E-state index contributed by atoms with van der Waals surface area (Å²) in [6, 6.07) is 5.78. The van der Waals surface area contributed by atoms with Gasteiger partial charge in [0.05, 0.1) is 95.7 Å². The number of likely N-dealkylation sites (N-methyl/N-ethyl adjacent to an activating group) is 1. The fourth-order valence-corrected chi connectivity index (χ4v) is 7.05. The maximum atomic E-state index is 13.6. The van der Waals surface area contributed by atoms with Gasteiger partial charge < -0.3 is 43.5 Å². The summed E-state index contributed by atoms with van der Waals surface area (Å²) in [5, 5.41) is 18.6. The molecular weight excluding hydrogens is 663 g/mol. The zero-order chi connectivity index (χ0) is 34.5. The van der Waals surface area contributed by atoms with Crippen molar-refractivity contribution in [3.63, 3.8) is 0 Å². The molecule has 1 saturated carbocycles. The van der Waals surface area contributed by atoms with E-state index in [9.17, 15) is 4.79 Å². The summed E-state index contributed by atoms with van der Waals surface area (Å²) in [7, 11) is 1.95. The Bertz CT molecular complexity index is 994. The molecule has 2 N–H and O–H groups in total. The molecule has 48 heavy (non-hydrogen) atoms. The van der Waals surface area contributed by atoms with Crippen molar-refractivity contribution in [3.05, 3.63) is 33.8 Å². The molecule has 0 bridgehead atoms. The van der Waals surface area contributed by atoms with Crippen LogP contribution in [0.5, 0.6) is 0 Å². The molecule has 1 aliphatic carbocycles. The highest BCUT2D eigenvalue weighted by atomic mass is 35.5. The lowest BCUT2D eigenvalue weighted by atomic mass is 9.66. The second-order valence-electron chi connectivity index (χ2n) is 12.7. The first-order valence-electron chi connectivity index (χ1n) is 17.5. The maximum absolute atomic E-state index is 13.6. The van der Waals surface area contributed by atoms with Gasteiger partial charge in [-0.3, -0.25) is 9.69 Å². The van der Waals surface area contributed by atoms with E-state index in [0.717, 1.165) is 50.8 Å². The monoisotopic (exact) mass is 720 g/mol. The van der Waals surface area contributed by atoms with Crippen LogP contribution in [0.15, 0.2) is 18.2 Å². The largest absolute Gasteiger partial charge is 0.394 e. The smallest absolute Gasteiger partial charge is 0.227 e. The fraction of sp³-hybridized carbons (Fsp3) is 0.800. The average Bonchev–Trinajstić information content (AvgIpc) is 3.63. The molecule has 0 radical (unpaired) electrons. The van der Waals surface area contributed by atoms with Crippen LogP contribution >= 0.6 is 23.2 Å². The SMILES string of the molecule is CN(C(=O)Cc1ccc(Cl)c(Cl)c1)[C@@H]1CCC(CCOCCOCCOCCO)(CCOCCOCCOCCO)C[C@H]1N1CCCC1. The Balaban J connectivity index is 1.58. The molecule has 2 atom stereocenters. The predicted octanol–water partition coefficient (Wildman–Crippen LogP) is 3.86. The normalized spacial score (nSPS) is 19.6. The van der Waals surface area contributed by atoms with E-state index in [2.05, 4.69) is 4.90 Å². The summed E-state index contributed by atoms with van der Waals surface area (Å²) in [5.74, 6) is 0.0882. The van der Waals surface area contributed by atoms with Crippen molar-refractivity contribution in [1.82, 2.24) is 9.80 Å². The third-order valence-corrected chi connectivity index (χ3v) is 10.1. The van der Waals surface area contributed by atoms with E-state index >= 15 is 0 Å². The van der Waals surface area contributed by atoms with Crippen molar-refractivity contribution in [3.8, 4) is 0 Å². The number of halogens is 2. The number of aliphatic hydroxyl groups is 2. The molecule has 2 fully saturated rings. The number of benzene rings is 1. The number of hydrogen-bond donors (Lipinski definition) is 2. The molecule has 1 aromatic carbocycles. The number of aliphatic hydroxyl groups excluding tert-OH is 2. The molecule has 1 heterocycles. The summed E-state index contributed by atoms with van der Waals surface area (Å²) < 4.78 is 33.8. The van der Waals surface area contributed by atoms with Crippen LogP contribution in [0.2, 0.25) is 10.0 Å². The van der Waals surface area contributed by atoms with Gasteiger partial charge >= 0.3 is 0 Å². The highest BCUT2D eigenvalue weighted by molar-refractivity contribution is 6.42. The Labute approximate surface area is 297 Å². The summed E-state index contributed by atoms with van der Waals surface area (Å²) in [6.07, 6.45) is 7.34. The van der Waals surface area contributed by atoms with E-state index in [1.165, 1.54) is 12.8 Å². The van der Waals surface area contributed by atoms with Gasteiger partial charge in [0.2, 0.25) is 5.91 Å². The molecule has 276 valence electrons. The maximum Gasteiger partial charge on any atom is 0.227 e. The zero-order valence-electron chi connectivity index (χ0n) is 28.8. The number of carbonyl (C=O) groups excluding carboxylic acids is 1. The van der Waals surface area contributed by atoms with E-state index in [-0.39, 0.29) is 43.0 Å². The molecule has 1 aliphatic heterocycles. The number of hydrogen-bond acceptors (Lipinski definition) is 10. The minimum Gasteiger partial charge on any atom is -0.394 e. The van der Waals surface area contributed by atoms with E-state index in [0.29, 0.717) is 89.3 Å². The van der Waals surface area contributed by atoms with Gasteiger partial charge in [-0.1, -0.05) is 29.3 Å². The lowest BCUT2D eigenvalue weighted by Crippen LogP contribution is -2.57. The van der Waals surface area contributed by atoms with Gasteiger partial charge in [0.25, 0.3) is 0 Å². The van der Waals surface area contributed by atoms with Crippen LogP contribution in [-0.4, -0.2) is 151 Å². The second kappa shape index (κ2) is 24.2. The number of amides is 1. The quantitative estimate of drug-likeness (QED) is 0.137. The molecule has 11 nitrogen and oxygen atoms in total. The highest BCUT2D eigenvalue weighted by Gasteiger charge is 2.45. The lowest BCUT2D eigenvalue weighted by molar-refractivity contribution is -0.135. The highest BCUT2D eigenvalue weighted by Crippen LogP contribution is 2.46. The molecular formula is C35H58Cl2N2O9. The van der Waals surface area contributed by atoms with Gasteiger partial charge in [0.15, 0.2) is 0 Å². The first-order chi connectivity index (χ1) is 23.4. The van der Waals surface area contributed by atoms with Crippen LogP contribution in [0.4, 0.5) is 0 Å². The molecule has 1 amide bonds.